The number of aromatic nitrogens is 3. The molecule has 1 heterocycles. The topological polar surface area (TPSA) is 103 Å². The molecule has 0 atom stereocenters. The molecule has 1 aromatic carbocycles. The van der Waals surface area contributed by atoms with Gasteiger partial charge < -0.3 is 5.32 Å². The van der Waals surface area contributed by atoms with E-state index >= 15 is 0 Å². The predicted molar refractivity (Wildman–Crippen MR) is 70.9 cm³/mol. The number of anilines is 1. The second-order valence-electron chi connectivity index (χ2n) is 4.23. The summed E-state index contributed by atoms with van der Waals surface area (Å²) in [7, 11) is -1.92. The summed E-state index contributed by atoms with van der Waals surface area (Å²) in [5.41, 5.74) is 2.18. The fraction of sp³-hybridized carbons (Fsp3) is 0.273. The van der Waals surface area contributed by atoms with Gasteiger partial charge in [0.15, 0.2) is 0 Å². The Morgan fingerprint density at radius 1 is 1.42 bits per heavy atom. The molecule has 0 saturated heterocycles. The van der Waals surface area contributed by atoms with Crippen molar-refractivity contribution < 1.29 is 8.42 Å². The lowest BCUT2D eigenvalue weighted by molar-refractivity contribution is 0.597. The third-order valence-corrected chi connectivity index (χ3v) is 3.83. The van der Waals surface area contributed by atoms with E-state index in [2.05, 4.69) is 15.6 Å². The Morgan fingerprint density at radius 2 is 2.16 bits per heavy atom. The molecular weight excluding hydrogens is 266 g/mol. The lowest BCUT2D eigenvalue weighted by atomic mass is 10.2. The van der Waals surface area contributed by atoms with E-state index in [1.807, 2.05) is 0 Å². The highest BCUT2D eigenvalue weighted by atomic mass is 32.2. The van der Waals surface area contributed by atoms with Crippen LogP contribution in [0.5, 0.6) is 0 Å². The van der Waals surface area contributed by atoms with Gasteiger partial charge in [0.05, 0.1) is 23.3 Å². The first kappa shape index (κ1) is 13.5. The van der Waals surface area contributed by atoms with E-state index in [-0.39, 0.29) is 4.90 Å². The first-order valence-electron chi connectivity index (χ1n) is 5.59. The van der Waals surface area contributed by atoms with Crippen LogP contribution in [0.1, 0.15) is 11.3 Å². The van der Waals surface area contributed by atoms with Crippen molar-refractivity contribution in [3.05, 3.63) is 35.7 Å². The van der Waals surface area contributed by atoms with Crippen LogP contribution in [0.15, 0.2) is 29.3 Å². The lowest BCUT2D eigenvalue weighted by Crippen LogP contribution is -2.14. The number of hydrogen-bond donors (Lipinski definition) is 2. The molecule has 0 bridgehead atoms. The van der Waals surface area contributed by atoms with Crippen LogP contribution in [0, 0.1) is 6.92 Å². The number of primary sulfonamides is 1. The smallest absolute Gasteiger partial charge is 0.238 e. The monoisotopic (exact) mass is 281 g/mol. The predicted octanol–water partition coefficient (Wildman–Crippen LogP) is 0.383. The maximum Gasteiger partial charge on any atom is 0.238 e. The number of benzene rings is 1. The number of hydrogen-bond acceptors (Lipinski definition) is 5. The summed E-state index contributed by atoms with van der Waals surface area (Å²) in [5, 5.41) is 15.8. The number of nitrogens with two attached hydrogens (primary N) is 1. The maximum absolute atomic E-state index is 11.4. The highest BCUT2D eigenvalue weighted by Crippen LogP contribution is 2.19. The molecule has 0 saturated carbocycles. The van der Waals surface area contributed by atoms with Gasteiger partial charge >= 0.3 is 0 Å². The van der Waals surface area contributed by atoms with Crippen molar-refractivity contribution in [1.29, 1.82) is 0 Å². The van der Waals surface area contributed by atoms with Gasteiger partial charge in [0.25, 0.3) is 0 Å². The van der Waals surface area contributed by atoms with Gasteiger partial charge in [-0.05, 0) is 24.6 Å². The molecule has 0 unspecified atom stereocenters. The second-order valence-corrected chi connectivity index (χ2v) is 5.76. The Labute approximate surface area is 111 Å². The highest BCUT2D eigenvalue weighted by Gasteiger charge is 2.12. The first-order valence-corrected chi connectivity index (χ1v) is 7.13. The van der Waals surface area contributed by atoms with Gasteiger partial charge in [0.1, 0.15) is 0 Å². The molecule has 102 valence electrons. The first-order chi connectivity index (χ1) is 8.88. The van der Waals surface area contributed by atoms with Crippen LogP contribution >= 0.6 is 0 Å². The third-order valence-electron chi connectivity index (χ3n) is 2.78. The van der Waals surface area contributed by atoms with Crippen molar-refractivity contribution in [2.75, 3.05) is 5.32 Å². The number of sulfonamides is 1. The van der Waals surface area contributed by atoms with Gasteiger partial charge in [-0.2, -0.15) is 0 Å². The molecule has 2 aromatic rings. The Balaban J connectivity index is 2.21. The fourth-order valence-electron chi connectivity index (χ4n) is 1.68. The van der Waals surface area contributed by atoms with Crippen molar-refractivity contribution in [3.8, 4) is 0 Å². The van der Waals surface area contributed by atoms with E-state index in [0.29, 0.717) is 17.8 Å². The number of nitrogens with one attached hydrogen (secondary N) is 1. The van der Waals surface area contributed by atoms with Gasteiger partial charge in [0, 0.05) is 12.7 Å². The van der Waals surface area contributed by atoms with Gasteiger partial charge in [0.2, 0.25) is 10.0 Å². The third kappa shape index (κ3) is 3.09. The molecule has 3 N–H and O–H groups in total. The van der Waals surface area contributed by atoms with Gasteiger partial charge in [-0.15, -0.1) is 5.10 Å². The SMILES string of the molecule is Cc1ccc(NCc2cnnn2C)cc1S(N)(=O)=O. The summed E-state index contributed by atoms with van der Waals surface area (Å²) < 4.78 is 24.5. The fourth-order valence-corrected chi connectivity index (χ4v) is 2.49. The van der Waals surface area contributed by atoms with Crippen molar-refractivity contribution in [3.63, 3.8) is 0 Å². The molecule has 0 spiro atoms. The van der Waals surface area contributed by atoms with Gasteiger partial charge in [-0.1, -0.05) is 11.3 Å². The molecule has 8 heteroatoms. The van der Waals surface area contributed by atoms with Gasteiger partial charge in [-0.3, -0.25) is 4.68 Å². The van der Waals surface area contributed by atoms with E-state index in [1.165, 1.54) is 6.07 Å². The standard InChI is InChI=1S/C11H15N5O2S/c1-8-3-4-9(5-11(8)19(12,17)18)13-6-10-7-14-15-16(10)2/h3-5,7,13H,6H2,1-2H3,(H2,12,17,18). The quantitative estimate of drug-likeness (QED) is 0.843. The maximum atomic E-state index is 11.4. The van der Waals surface area contributed by atoms with Crippen LogP contribution in [-0.4, -0.2) is 23.4 Å². The molecule has 0 fully saturated rings. The van der Waals surface area contributed by atoms with Crippen LogP contribution in [-0.2, 0) is 23.6 Å². The van der Waals surface area contributed by atoms with Crippen molar-refractivity contribution in [2.45, 2.75) is 18.4 Å². The van der Waals surface area contributed by atoms with Crippen molar-refractivity contribution in [2.24, 2.45) is 12.2 Å². The van der Waals surface area contributed by atoms with E-state index in [0.717, 1.165) is 5.69 Å². The summed E-state index contributed by atoms with van der Waals surface area (Å²) in [6.07, 6.45) is 1.64. The summed E-state index contributed by atoms with van der Waals surface area (Å²) in [6, 6.07) is 5.03. The number of nitrogens with zero attached hydrogens (tertiary/aromatic N) is 3. The highest BCUT2D eigenvalue weighted by molar-refractivity contribution is 7.89. The zero-order chi connectivity index (χ0) is 14.0. The Bertz CT molecular complexity index is 693. The number of aryl methyl sites for hydroxylation is 2. The average Bonchev–Trinajstić information content (AvgIpc) is 2.72. The largest absolute Gasteiger partial charge is 0.379 e. The van der Waals surface area contributed by atoms with Gasteiger partial charge in [-0.25, -0.2) is 13.6 Å². The molecule has 0 aliphatic rings. The summed E-state index contributed by atoms with van der Waals surface area (Å²) >= 11 is 0. The molecule has 1 aromatic heterocycles. The second kappa shape index (κ2) is 4.98. The summed E-state index contributed by atoms with van der Waals surface area (Å²) in [6.45, 7) is 2.20. The normalized spacial score (nSPS) is 11.5. The summed E-state index contributed by atoms with van der Waals surface area (Å²) in [5.74, 6) is 0. The van der Waals surface area contributed by atoms with Crippen LogP contribution in [0.4, 0.5) is 5.69 Å². The average molecular weight is 281 g/mol. The van der Waals surface area contributed by atoms with Crippen LogP contribution < -0.4 is 10.5 Å². The zero-order valence-corrected chi connectivity index (χ0v) is 11.5. The molecular formula is C11H15N5O2S. The van der Waals surface area contributed by atoms with Crippen molar-refractivity contribution in [1.82, 2.24) is 15.0 Å². The lowest BCUT2D eigenvalue weighted by Gasteiger charge is -2.09. The zero-order valence-electron chi connectivity index (χ0n) is 10.7. The molecule has 19 heavy (non-hydrogen) atoms. The molecule has 2 rings (SSSR count). The van der Waals surface area contributed by atoms with E-state index in [4.69, 9.17) is 5.14 Å². The minimum absolute atomic E-state index is 0.126. The molecule has 0 radical (unpaired) electrons. The molecule has 7 nitrogen and oxygen atoms in total. The van der Waals surface area contributed by atoms with Crippen molar-refractivity contribution >= 4 is 15.7 Å². The van der Waals surface area contributed by atoms with E-state index in [1.54, 1.807) is 37.0 Å². The minimum Gasteiger partial charge on any atom is -0.379 e. The van der Waals surface area contributed by atoms with Crippen LogP contribution in [0.3, 0.4) is 0 Å². The Morgan fingerprint density at radius 3 is 2.74 bits per heavy atom. The Hall–Kier alpha value is -1.93. The van der Waals surface area contributed by atoms with Crippen LogP contribution in [0.2, 0.25) is 0 Å². The minimum atomic E-state index is -3.71. The van der Waals surface area contributed by atoms with E-state index < -0.39 is 10.0 Å². The number of rotatable bonds is 4. The molecule has 0 amide bonds. The Kier molecular flexibility index (Phi) is 3.54. The van der Waals surface area contributed by atoms with E-state index in [9.17, 15) is 8.42 Å². The molecule has 0 aliphatic carbocycles. The molecule has 0 aliphatic heterocycles. The summed E-state index contributed by atoms with van der Waals surface area (Å²) in [4.78, 5) is 0.126. The van der Waals surface area contributed by atoms with Crippen LogP contribution in [0.25, 0.3) is 0 Å².